The van der Waals surface area contributed by atoms with Gasteiger partial charge in [0.05, 0.1) is 6.04 Å². The van der Waals surface area contributed by atoms with Gasteiger partial charge in [0.2, 0.25) is 0 Å². The number of nitrogens with zero attached hydrogens (tertiary/aromatic N) is 1. The molecule has 1 atom stereocenters. The summed E-state index contributed by atoms with van der Waals surface area (Å²) in [6, 6.07) is 9.86. The van der Waals surface area contributed by atoms with Crippen LogP contribution in [0.4, 0.5) is 0 Å². The number of aromatic nitrogens is 1. The summed E-state index contributed by atoms with van der Waals surface area (Å²) >= 11 is 0. The third-order valence-corrected chi connectivity index (χ3v) is 2.30. The monoisotopic (exact) mass is 189 g/mol. The predicted molar refractivity (Wildman–Crippen MR) is 53.2 cm³/mol. The van der Waals surface area contributed by atoms with Crippen LogP contribution in [-0.4, -0.2) is 4.57 Å². The summed E-state index contributed by atoms with van der Waals surface area (Å²) in [5.74, 6) is -0.318. The lowest BCUT2D eigenvalue weighted by Crippen LogP contribution is -2.18. The molecule has 0 bridgehead atoms. The molecule has 0 spiro atoms. The van der Waals surface area contributed by atoms with E-state index in [9.17, 15) is 4.79 Å². The van der Waals surface area contributed by atoms with Gasteiger partial charge in [0.1, 0.15) is 6.26 Å². The highest BCUT2D eigenvalue weighted by molar-refractivity contribution is 5.18. The number of rotatable bonds is 2. The van der Waals surface area contributed by atoms with E-state index >= 15 is 0 Å². The molecule has 1 heterocycles. The lowest BCUT2D eigenvalue weighted by atomic mass is 10.1. The van der Waals surface area contributed by atoms with E-state index in [1.54, 1.807) is 10.8 Å². The zero-order valence-electron chi connectivity index (χ0n) is 7.88. The second-order valence-corrected chi connectivity index (χ2v) is 3.16. The van der Waals surface area contributed by atoms with E-state index < -0.39 is 0 Å². The van der Waals surface area contributed by atoms with Crippen molar-refractivity contribution < 1.29 is 4.42 Å². The zero-order valence-corrected chi connectivity index (χ0v) is 7.88. The molecule has 2 rings (SSSR count). The second kappa shape index (κ2) is 3.54. The molecule has 1 aromatic heterocycles. The van der Waals surface area contributed by atoms with Gasteiger partial charge in [-0.25, -0.2) is 4.79 Å². The van der Waals surface area contributed by atoms with Gasteiger partial charge in [-0.15, -0.1) is 0 Å². The van der Waals surface area contributed by atoms with Crippen LogP contribution in [-0.2, 0) is 0 Å². The Morgan fingerprint density at radius 3 is 2.57 bits per heavy atom. The molecule has 3 heteroatoms. The third-order valence-electron chi connectivity index (χ3n) is 2.30. The Morgan fingerprint density at radius 2 is 2.00 bits per heavy atom. The fourth-order valence-electron chi connectivity index (χ4n) is 1.46. The molecule has 0 fully saturated rings. The Balaban J connectivity index is 2.39. The minimum Gasteiger partial charge on any atom is -0.416 e. The van der Waals surface area contributed by atoms with Crippen LogP contribution in [0.5, 0.6) is 0 Å². The SMILES string of the molecule is C[C@H](c1ccccc1)n1ccoc1=O. The van der Waals surface area contributed by atoms with Crippen molar-refractivity contribution in [2.75, 3.05) is 0 Å². The molecule has 0 aliphatic heterocycles. The first-order chi connectivity index (χ1) is 6.79. The number of oxazole rings is 1. The fraction of sp³-hybridized carbons (Fsp3) is 0.182. The maximum Gasteiger partial charge on any atom is 0.419 e. The lowest BCUT2D eigenvalue weighted by molar-refractivity contribution is 0.465. The van der Waals surface area contributed by atoms with Crippen molar-refractivity contribution in [3.8, 4) is 0 Å². The average molecular weight is 189 g/mol. The molecule has 72 valence electrons. The molecule has 0 amide bonds. The van der Waals surface area contributed by atoms with Crippen molar-refractivity contribution in [3.63, 3.8) is 0 Å². The van der Waals surface area contributed by atoms with Crippen molar-refractivity contribution in [2.24, 2.45) is 0 Å². The molecule has 3 nitrogen and oxygen atoms in total. The Hall–Kier alpha value is -1.77. The molecule has 0 saturated heterocycles. The molecule has 0 N–H and O–H groups in total. The van der Waals surface area contributed by atoms with Crippen molar-refractivity contribution in [2.45, 2.75) is 13.0 Å². The van der Waals surface area contributed by atoms with Crippen LogP contribution in [0, 0.1) is 0 Å². The van der Waals surface area contributed by atoms with Gasteiger partial charge in [0.15, 0.2) is 0 Å². The molecular formula is C11H11NO2. The molecule has 14 heavy (non-hydrogen) atoms. The summed E-state index contributed by atoms with van der Waals surface area (Å²) in [4.78, 5) is 11.2. The van der Waals surface area contributed by atoms with Gasteiger partial charge in [-0.2, -0.15) is 0 Å². The summed E-state index contributed by atoms with van der Waals surface area (Å²) in [5.41, 5.74) is 1.09. The van der Waals surface area contributed by atoms with Gasteiger partial charge in [0, 0.05) is 6.20 Å². The summed E-state index contributed by atoms with van der Waals surface area (Å²) < 4.78 is 6.28. The highest BCUT2D eigenvalue weighted by Crippen LogP contribution is 2.14. The Kier molecular flexibility index (Phi) is 2.23. The Morgan fingerprint density at radius 1 is 1.29 bits per heavy atom. The van der Waals surface area contributed by atoms with E-state index in [1.165, 1.54) is 6.26 Å². The van der Waals surface area contributed by atoms with Crippen molar-refractivity contribution in [1.82, 2.24) is 4.57 Å². The standard InChI is InChI=1S/C11H11NO2/c1-9(10-5-3-2-4-6-10)12-7-8-14-11(12)13/h2-9H,1H3/t9-/m1/s1. The molecule has 0 aliphatic carbocycles. The van der Waals surface area contributed by atoms with Crippen LogP contribution in [0.15, 0.2) is 52.0 Å². The number of hydrogen-bond acceptors (Lipinski definition) is 2. The molecule has 1 aromatic carbocycles. The predicted octanol–water partition coefficient (Wildman–Crippen LogP) is 2.05. The second-order valence-electron chi connectivity index (χ2n) is 3.16. The fourth-order valence-corrected chi connectivity index (χ4v) is 1.46. The molecule has 0 saturated carbocycles. The van der Waals surface area contributed by atoms with E-state index in [4.69, 9.17) is 4.42 Å². The number of hydrogen-bond donors (Lipinski definition) is 0. The maximum atomic E-state index is 11.2. The van der Waals surface area contributed by atoms with E-state index in [0.717, 1.165) is 5.56 Å². The van der Waals surface area contributed by atoms with Crippen molar-refractivity contribution in [3.05, 3.63) is 58.9 Å². The van der Waals surface area contributed by atoms with Gasteiger partial charge < -0.3 is 4.42 Å². The quantitative estimate of drug-likeness (QED) is 0.724. The van der Waals surface area contributed by atoms with Crippen LogP contribution < -0.4 is 5.76 Å². The molecule has 0 unspecified atom stereocenters. The summed E-state index contributed by atoms with van der Waals surface area (Å²) in [5, 5.41) is 0. The molecule has 2 aromatic rings. The first-order valence-corrected chi connectivity index (χ1v) is 4.49. The molecular weight excluding hydrogens is 178 g/mol. The van der Waals surface area contributed by atoms with Crippen molar-refractivity contribution >= 4 is 0 Å². The first kappa shape index (κ1) is 8.81. The summed E-state index contributed by atoms with van der Waals surface area (Å²) in [6.45, 7) is 1.96. The van der Waals surface area contributed by atoms with Crippen LogP contribution in [0.3, 0.4) is 0 Å². The van der Waals surface area contributed by atoms with Crippen LogP contribution >= 0.6 is 0 Å². The normalized spacial score (nSPS) is 12.6. The lowest BCUT2D eigenvalue weighted by Gasteiger charge is -2.10. The highest BCUT2D eigenvalue weighted by Gasteiger charge is 2.09. The van der Waals surface area contributed by atoms with E-state index in [1.807, 2.05) is 37.3 Å². The van der Waals surface area contributed by atoms with Gasteiger partial charge in [-0.05, 0) is 12.5 Å². The highest BCUT2D eigenvalue weighted by atomic mass is 16.4. The maximum absolute atomic E-state index is 11.2. The smallest absolute Gasteiger partial charge is 0.416 e. The Bertz CT molecular complexity index is 455. The van der Waals surface area contributed by atoms with Gasteiger partial charge in [-0.3, -0.25) is 4.57 Å². The van der Waals surface area contributed by atoms with Crippen LogP contribution in [0.1, 0.15) is 18.5 Å². The van der Waals surface area contributed by atoms with E-state index in [-0.39, 0.29) is 11.8 Å². The molecule has 0 radical (unpaired) electrons. The van der Waals surface area contributed by atoms with Crippen molar-refractivity contribution in [1.29, 1.82) is 0 Å². The minimum absolute atomic E-state index is 0.0162. The average Bonchev–Trinajstić information content (AvgIpc) is 2.65. The largest absolute Gasteiger partial charge is 0.419 e. The van der Waals surface area contributed by atoms with Gasteiger partial charge in [-0.1, -0.05) is 30.3 Å². The minimum atomic E-state index is -0.318. The topological polar surface area (TPSA) is 35.1 Å². The van der Waals surface area contributed by atoms with Gasteiger partial charge in [0.25, 0.3) is 0 Å². The first-order valence-electron chi connectivity index (χ1n) is 4.49. The van der Waals surface area contributed by atoms with E-state index in [2.05, 4.69) is 0 Å². The zero-order chi connectivity index (χ0) is 9.97. The van der Waals surface area contributed by atoms with Gasteiger partial charge >= 0.3 is 5.76 Å². The number of benzene rings is 1. The van der Waals surface area contributed by atoms with E-state index in [0.29, 0.717) is 0 Å². The van der Waals surface area contributed by atoms with Crippen LogP contribution in [0.25, 0.3) is 0 Å². The van der Waals surface area contributed by atoms with Crippen LogP contribution in [0.2, 0.25) is 0 Å². The Labute approximate surface area is 81.6 Å². The molecule has 0 aliphatic rings. The summed E-state index contributed by atoms with van der Waals surface area (Å²) in [7, 11) is 0. The third kappa shape index (κ3) is 1.48. The summed E-state index contributed by atoms with van der Waals surface area (Å²) in [6.07, 6.45) is 3.06.